The number of nitrogens with zero attached hydrogens (tertiary/aromatic N) is 1. The van der Waals surface area contributed by atoms with E-state index in [0.29, 0.717) is 12.1 Å². The van der Waals surface area contributed by atoms with Crippen LogP contribution < -0.4 is 5.32 Å². The van der Waals surface area contributed by atoms with E-state index >= 15 is 0 Å². The minimum Gasteiger partial charge on any atom is -0.394 e. The largest absolute Gasteiger partial charge is 0.394 e. The van der Waals surface area contributed by atoms with Crippen molar-refractivity contribution in [3.8, 4) is 0 Å². The maximum atomic E-state index is 9.70. The standard InChI is InChI=1S/C16H34N2O2/c1-5-15(6-2)18(11-12-20-4)10-9-16(3,13-19)17-14-7-8-14/h14-15,17,19H,5-13H2,1-4H3. The summed E-state index contributed by atoms with van der Waals surface area (Å²) in [6, 6.07) is 1.25. The van der Waals surface area contributed by atoms with E-state index in [1.165, 1.54) is 25.7 Å². The average molecular weight is 286 g/mol. The molecule has 0 aromatic rings. The van der Waals surface area contributed by atoms with E-state index in [2.05, 4.69) is 31.0 Å². The van der Waals surface area contributed by atoms with Crippen molar-refractivity contribution in [3.63, 3.8) is 0 Å². The number of nitrogens with one attached hydrogen (secondary N) is 1. The van der Waals surface area contributed by atoms with Crippen LogP contribution in [0.1, 0.15) is 52.9 Å². The fourth-order valence-electron chi connectivity index (χ4n) is 2.80. The molecule has 20 heavy (non-hydrogen) atoms. The van der Waals surface area contributed by atoms with Crippen LogP contribution in [0.15, 0.2) is 0 Å². The Labute approximate surface area is 124 Å². The quantitative estimate of drug-likeness (QED) is 0.576. The minimum absolute atomic E-state index is 0.140. The molecule has 0 saturated heterocycles. The fraction of sp³-hybridized carbons (Fsp3) is 1.00. The van der Waals surface area contributed by atoms with Gasteiger partial charge in [-0.05, 0) is 39.0 Å². The van der Waals surface area contributed by atoms with Crippen LogP contribution in [-0.2, 0) is 4.74 Å². The van der Waals surface area contributed by atoms with Crippen LogP contribution in [0.3, 0.4) is 0 Å². The molecule has 2 N–H and O–H groups in total. The molecule has 0 aliphatic heterocycles. The number of methoxy groups -OCH3 is 1. The summed E-state index contributed by atoms with van der Waals surface area (Å²) in [5, 5.41) is 13.3. The first-order chi connectivity index (χ1) is 9.58. The third-order valence-corrected chi connectivity index (χ3v) is 4.47. The summed E-state index contributed by atoms with van der Waals surface area (Å²) in [6.45, 7) is 9.64. The van der Waals surface area contributed by atoms with Crippen molar-refractivity contribution < 1.29 is 9.84 Å². The van der Waals surface area contributed by atoms with Gasteiger partial charge in [0.05, 0.1) is 13.2 Å². The van der Waals surface area contributed by atoms with Gasteiger partial charge in [0.2, 0.25) is 0 Å². The van der Waals surface area contributed by atoms with Gasteiger partial charge < -0.3 is 15.2 Å². The van der Waals surface area contributed by atoms with Gasteiger partial charge in [-0.2, -0.15) is 0 Å². The van der Waals surface area contributed by atoms with Crippen molar-refractivity contribution in [2.45, 2.75) is 70.5 Å². The van der Waals surface area contributed by atoms with Gasteiger partial charge in [0.15, 0.2) is 0 Å². The molecule has 0 bridgehead atoms. The summed E-state index contributed by atoms with van der Waals surface area (Å²) in [5.41, 5.74) is -0.140. The van der Waals surface area contributed by atoms with Gasteiger partial charge in [-0.1, -0.05) is 13.8 Å². The summed E-state index contributed by atoms with van der Waals surface area (Å²) >= 11 is 0. The molecule has 1 unspecified atom stereocenters. The third-order valence-electron chi connectivity index (χ3n) is 4.47. The predicted molar refractivity (Wildman–Crippen MR) is 84.1 cm³/mol. The van der Waals surface area contributed by atoms with Crippen molar-refractivity contribution in [2.24, 2.45) is 0 Å². The van der Waals surface area contributed by atoms with Crippen LogP contribution in [0.5, 0.6) is 0 Å². The zero-order valence-electron chi connectivity index (χ0n) is 13.8. The molecule has 4 nitrogen and oxygen atoms in total. The van der Waals surface area contributed by atoms with Crippen LogP contribution in [0.4, 0.5) is 0 Å². The van der Waals surface area contributed by atoms with E-state index in [1.54, 1.807) is 7.11 Å². The molecule has 0 spiro atoms. The number of hydrogen-bond donors (Lipinski definition) is 2. The summed E-state index contributed by atoms with van der Waals surface area (Å²) in [5.74, 6) is 0. The Bertz CT molecular complexity index is 255. The highest BCUT2D eigenvalue weighted by Gasteiger charge is 2.32. The first kappa shape index (κ1) is 17.9. The molecule has 1 rings (SSSR count). The molecule has 1 saturated carbocycles. The van der Waals surface area contributed by atoms with E-state index < -0.39 is 0 Å². The van der Waals surface area contributed by atoms with Crippen molar-refractivity contribution in [1.29, 1.82) is 0 Å². The smallest absolute Gasteiger partial charge is 0.0611 e. The van der Waals surface area contributed by atoms with Crippen LogP contribution in [0.2, 0.25) is 0 Å². The maximum Gasteiger partial charge on any atom is 0.0611 e. The first-order valence-corrected chi connectivity index (χ1v) is 8.20. The average Bonchev–Trinajstić information content (AvgIpc) is 3.26. The molecule has 0 radical (unpaired) electrons. The van der Waals surface area contributed by atoms with Gasteiger partial charge in [0.1, 0.15) is 0 Å². The highest BCUT2D eigenvalue weighted by atomic mass is 16.5. The number of rotatable bonds is 12. The van der Waals surface area contributed by atoms with E-state index in [0.717, 1.165) is 26.1 Å². The molecule has 1 fully saturated rings. The number of aliphatic hydroxyl groups excluding tert-OH is 1. The molecular formula is C16H34N2O2. The van der Waals surface area contributed by atoms with E-state index in [4.69, 9.17) is 4.74 Å². The summed E-state index contributed by atoms with van der Waals surface area (Å²) in [6.07, 6.45) is 5.85. The monoisotopic (exact) mass is 286 g/mol. The van der Waals surface area contributed by atoms with Gasteiger partial charge in [0, 0.05) is 37.8 Å². The highest BCUT2D eigenvalue weighted by molar-refractivity contribution is 4.93. The third kappa shape index (κ3) is 6.08. The van der Waals surface area contributed by atoms with Gasteiger partial charge >= 0.3 is 0 Å². The summed E-state index contributed by atoms with van der Waals surface area (Å²) in [7, 11) is 1.76. The minimum atomic E-state index is -0.140. The summed E-state index contributed by atoms with van der Waals surface area (Å²) < 4.78 is 5.24. The van der Waals surface area contributed by atoms with Crippen molar-refractivity contribution in [2.75, 3.05) is 33.4 Å². The maximum absolute atomic E-state index is 9.70. The van der Waals surface area contributed by atoms with Crippen LogP contribution in [0, 0.1) is 0 Å². The van der Waals surface area contributed by atoms with Crippen LogP contribution in [-0.4, -0.2) is 61.0 Å². The molecular weight excluding hydrogens is 252 g/mol. The topological polar surface area (TPSA) is 44.7 Å². The molecule has 1 aliphatic carbocycles. The Hall–Kier alpha value is -0.160. The van der Waals surface area contributed by atoms with Crippen molar-refractivity contribution in [1.82, 2.24) is 10.2 Å². The Balaban J connectivity index is 2.48. The van der Waals surface area contributed by atoms with E-state index in [9.17, 15) is 5.11 Å². The predicted octanol–water partition coefficient (Wildman–Crippen LogP) is 2.02. The van der Waals surface area contributed by atoms with Crippen LogP contribution >= 0.6 is 0 Å². The van der Waals surface area contributed by atoms with Crippen molar-refractivity contribution >= 4 is 0 Å². The van der Waals surface area contributed by atoms with Gasteiger partial charge in [0.25, 0.3) is 0 Å². The Morgan fingerprint density at radius 1 is 1.30 bits per heavy atom. The van der Waals surface area contributed by atoms with Gasteiger partial charge in [-0.25, -0.2) is 0 Å². The second-order valence-electron chi connectivity index (χ2n) is 6.39. The number of aliphatic hydroxyl groups is 1. The van der Waals surface area contributed by atoms with E-state index in [1.807, 2.05) is 0 Å². The fourth-order valence-corrected chi connectivity index (χ4v) is 2.80. The Morgan fingerprint density at radius 2 is 1.95 bits per heavy atom. The SMILES string of the molecule is CCC(CC)N(CCOC)CCC(C)(CO)NC1CC1. The molecule has 0 aromatic carbocycles. The van der Waals surface area contributed by atoms with Gasteiger partial charge in [-0.15, -0.1) is 0 Å². The molecule has 1 atom stereocenters. The Morgan fingerprint density at radius 3 is 2.40 bits per heavy atom. The zero-order chi connectivity index (χ0) is 15.0. The van der Waals surface area contributed by atoms with Gasteiger partial charge in [-0.3, -0.25) is 4.90 Å². The lowest BCUT2D eigenvalue weighted by atomic mass is 9.97. The molecule has 4 heteroatoms. The number of ether oxygens (including phenoxy) is 1. The normalized spacial score (nSPS) is 18.8. The molecule has 120 valence electrons. The lowest BCUT2D eigenvalue weighted by Crippen LogP contribution is -2.50. The lowest BCUT2D eigenvalue weighted by molar-refractivity contribution is 0.0931. The second kappa shape index (κ2) is 8.98. The lowest BCUT2D eigenvalue weighted by Gasteiger charge is -2.35. The second-order valence-corrected chi connectivity index (χ2v) is 6.39. The molecule has 1 aliphatic rings. The summed E-state index contributed by atoms with van der Waals surface area (Å²) in [4.78, 5) is 2.52. The Kier molecular flexibility index (Phi) is 8.03. The van der Waals surface area contributed by atoms with Crippen molar-refractivity contribution in [3.05, 3.63) is 0 Å². The molecule has 0 amide bonds. The highest BCUT2D eigenvalue weighted by Crippen LogP contribution is 2.24. The first-order valence-electron chi connectivity index (χ1n) is 8.20. The van der Waals surface area contributed by atoms with E-state index in [-0.39, 0.29) is 12.1 Å². The number of hydrogen-bond acceptors (Lipinski definition) is 4. The zero-order valence-corrected chi connectivity index (χ0v) is 13.8. The molecule has 0 aromatic heterocycles. The van der Waals surface area contributed by atoms with Crippen LogP contribution in [0.25, 0.3) is 0 Å². The molecule has 0 heterocycles.